The van der Waals surface area contributed by atoms with E-state index < -0.39 is 21.9 Å². The van der Waals surface area contributed by atoms with E-state index in [0.29, 0.717) is 0 Å². The first-order chi connectivity index (χ1) is 5.40. The summed E-state index contributed by atoms with van der Waals surface area (Å²) in [6.07, 6.45) is 0.786. The summed E-state index contributed by atoms with van der Waals surface area (Å²) in [5.41, 5.74) is 0. The molecular weight excluding hydrogens is 186 g/mol. The molecule has 0 saturated carbocycles. The summed E-state index contributed by atoms with van der Waals surface area (Å²) < 4.78 is 25.1. The van der Waals surface area contributed by atoms with Crippen LogP contribution in [-0.2, 0) is 24.0 Å². The van der Waals surface area contributed by atoms with Gasteiger partial charge < -0.3 is 0 Å². The minimum Gasteiger partial charge on any atom is -0.272 e. The Kier molecular flexibility index (Phi) is 2.16. The molecule has 1 fully saturated rings. The van der Waals surface area contributed by atoms with Crippen LogP contribution in [-0.4, -0.2) is 31.6 Å². The van der Waals surface area contributed by atoms with Gasteiger partial charge >= 0.3 is 0 Å². The van der Waals surface area contributed by atoms with Crippen LogP contribution >= 0.6 is 0 Å². The molecule has 1 heterocycles. The number of amides is 2. The Morgan fingerprint density at radius 3 is 2.00 bits per heavy atom. The second-order valence-electron chi connectivity index (χ2n) is 2.36. The maximum Gasteiger partial charge on any atom is 0.285 e. The summed E-state index contributed by atoms with van der Waals surface area (Å²) in [5, 5.41) is 0.287. The van der Waals surface area contributed by atoms with Crippen molar-refractivity contribution >= 4 is 21.9 Å². The number of carbonyl (C=O) groups excluding carboxylic acids is 2. The Morgan fingerprint density at radius 1 is 1.25 bits per heavy atom. The smallest absolute Gasteiger partial charge is 0.272 e. The molecule has 2 amide bonds. The topological polar surface area (TPSA) is 80.8 Å². The molecule has 1 rings (SSSR count). The van der Waals surface area contributed by atoms with Crippen LogP contribution in [0.15, 0.2) is 0 Å². The molecule has 0 atom stereocenters. The first-order valence-electron chi connectivity index (χ1n) is 3.15. The van der Waals surface area contributed by atoms with Crippen LogP contribution in [0.1, 0.15) is 12.8 Å². The zero-order valence-corrected chi connectivity index (χ0v) is 7.13. The van der Waals surface area contributed by atoms with E-state index in [4.69, 9.17) is 0 Å². The molecule has 1 saturated heterocycles. The summed E-state index contributed by atoms with van der Waals surface area (Å²) in [6, 6.07) is 0. The molecule has 0 unspecified atom stereocenters. The van der Waals surface area contributed by atoms with Crippen molar-refractivity contribution in [2.45, 2.75) is 12.8 Å². The number of hydrogen-bond donors (Lipinski definition) is 0. The van der Waals surface area contributed by atoms with Crippen molar-refractivity contribution in [2.75, 3.05) is 6.26 Å². The largest absolute Gasteiger partial charge is 0.285 e. The second kappa shape index (κ2) is 2.83. The normalized spacial score (nSPS) is 18.9. The van der Waals surface area contributed by atoms with Crippen LogP contribution < -0.4 is 0 Å². The highest BCUT2D eigenvalue weighted by molar-refractivity contribution is 7.85. The Labute approximate surface area is 69.2 Å². The number of nitrogens with zero attached hydrogens (tertiary/aromatic N) is 1. The minimum atomic E-state index is -3.79. The highest BCUT2D eigenvalue weighted by Gasteiger charge is 2.32. The van der Waals surface area contributed by atoms with Gasteiger partial charge in [0.05, 0.1) is 6.26 Å². The standard InChI is InChI=1S/C5H7NO5S/c1-12(9,10)11-6-4(7)2-3-5(6)8/h2-3H2,1H3. The molecule has 0 spiro atoms. The Hall–Kier alpha value is -0.950. The van der Waals surface area contributed by atoms with Gasteiger partial charge in [-0.3, -0.25) is 9.59 Å². The lowest BCUT2D eigenvalue weighted by molar-refractivity contribution is -0.163. The summed E-state index contributed by atoms with van der Waals surface area (Å²) in [4.78, 5) is 21.6. The molecule has 0 aliphatic carbocycles. The number of carbonyl (C=O) groups is 2. The van der Waals surface area contributed by atoms with E-state index in [9.17, 15) is 18.0 Å². The average Bonchev–Trinajstić information content (AvgIpc) is 2.16. The van der Waals surface area contributed by atoms with Gasteiger partial charge in [-0.1, -0.05) is 0 Å². The maximum atomic E-state index is 10.8. The van der Waals surface area contributed by atoms with Crippen LogP contribution in [0, 0.1) is 0 Å². The summed E-state index contributed by atoms with van der Waals surface area (Å²) >= 11 is 0. The molecule has 0 aromatic rings. The minimum absolute atomic E-state index is 0.00829. The molecule has 0 radical (unpaired) electrons. The Morgan fingerprint density at radius 2 is 1.67 bits per heavy atom. The van der Waals surface area contributed by atoms with Crippen molar-refractivity contribution in [2.24, 2.45) is 0 Å². The number of rotatable bonds is 2. The van der Waals surface area contributed by atoms with Gasteiger partial charge in [-0.05, 0) is 0 Å². The fraction of sp³-hybridized carbons (Fsp3) is 0.600. The van der Waals surface area contributed by atoms with Crippen molar-refractivity contribution in [3.63, 3.8) is 0 Å². The monoisotopic (exact) mass is 193 g/mol. The van der Waals surface area contributed by atoms with Gasteiger partial charge in [-0.25, -0.2) is 0 Å². The van der Waals surface area contributed by atoms with Gasteiger partial charge in [0, 0.05) is 12.8 Å². The molecule has 1 aliphatic heterocycles. The summed E-state index contributed by atoms with van der Waals surface area (Å²) in [7, 11) is -3.79. The van der Waals surface area contributed by atoms with E-state index in [2.05, 4.69) is 4.28 Å². The van der Waals surface area contributed by atoms with Crippen LogP contribution in [0.3, 0.4) is 0 Å². The lowest BCUT2D eigenvalue weighted by atomic mass is 10.4. The van der Waals surface area contributed by atoms with E-state index in [1.807, 2.05) is 0 Å². The fourth-order valence-corrected chi connectivity index (χ4v) is 1.21. The summed E-state index contributed by atoms with van der Waals surface area (Å²) in [5.74, 6) is -1.24. The third-order valence-corrected chi connectivity index (χ3v) is 1.64. The van der Waals surface area contributed by atoms with E-state index >= 15 is 0 Å². The molecule has 1 aliphatic rings. The van der Waals surface area contributed by atoms with Crippen LogP contribution in [0.25, 0.3) is 0 Å². The molecule has 0 bridgehead atoms. The Bertz CT molecular complexity index is 303. The molecule has 0 aromatic heterocycles. The molecule has 7 heteroatoms. The van der Waals surface area contributed by atoms with Crippen molar-refractivity contribution in [3.8, 4) is 0 Å². The molecular formula is C5H7NO5S. The van der Waals surface area contributed by atoms with Crippen LogP contribution in [0.2, 0.25) is 0 Å². The lowest BCUT2D eigenvalue weighted by Crippen LogP contribution is -2.31. The fourth-order valence-electron chi connectivity index (χ4n) is 0.775. The highest BCUT2D eigenvalue weighted by atomic mass is 32.2. The third kappa shape index (κ3) is 2.02. The molecule has 12 heavy (non-hydrogen) atoms. The second-order valence-corrected chi connectivity index (χ2v) is 3.92. The number of hydrogen-bond acceptors (Lipinski definition) is 5. The van der Waals surface area contributed by atoms with E-state index in [0.717, 1.165) is 6.26 Å². The van der Waals surface area contributed by atoms with Crippen molar-refractivity contribution < 1.29 is 22.3 Å². The molecule has 0 aromatic carbocycles. The summed E-state index contributed by atoms with van der Waals surface area (Å²) in [6.45, 7) is 0. The van der Waals surface area contributed by atoms with Gasteiger partial charge in [0.1, 0.15) is 0 Å². The zero-order chi connectivity index (χ0) is 9.35. The van der Waals surface area contributed by atoms with Gasteiger partial charge in [-0.2, -0.15) is 8.42 Å². The van der Waals surface area contributed by atoms with Gasteiger partial charge in [0.25, 0.3) is 21.9 Å². The molecule has 0 N–H and O–H groups in total. The molecule has 68 valence electrons. The highest BCUT2D eigenvalue weighted by Crippen LogP contribution is 2.13. The van der Waals surface area contributed by atoms with Gasteiger partial charge in [0.2, 0.25) is 0 Å². The predicted octanol–water partition coefficient (Wildman–Crippen LogP) is -0.973. The number of hydroxylamine groups is 2. The van der Waals surface area contributed by atoms with E-state index in [-0.39, 0.29) is 17.9 Å². The SMILES string of the molecule is CS(=O)(=O)ON1C(=O)CCC1=O. The van der Waals surface area contributed by atoms with Gasteiger partial charge in [0.15, 0.2) is 0 Å². The van der Waals surface area contributed by atoms with Gasteiger partial charge in [-0.15, -0.1) is 9.35 Å². The zero-order valence-electron chi connectivity index (χ0n) is 6.31. The first-order valence-corrected chi connectivity index (χ1v) is 4.97. The number of imide groups is 1. The predicted molar refractivity (Wildman–Crippen MR) is 37.0 cm³/mol. The van der Waals surface area contributed by atoms with Crippen molar-refractivity contribution in [3.05, 3.63) is 0 Å². The quantitative estimate of drug-likeness (QED) is 0.527. The average molecular weight is 193 g/mol. The van der Waals surface area contributed by atoms with Crippen LogP contribution in [0.5, 0.6) is 0 Å². The lowest BCUT2D eigenvalue weighted by Gasteiger charge is -2.09. The van der Waals surface area contributed by atoms with Crippen molar-refractivity contribution in [1.82, 2.24) is 5.06 Å². The third-order valence-electron chi connectivity index (χ3n) is 1.22. The van der Waals surface area contributed by atoms with Crippen LogP contribution in [0.4, 0.5) is 0 Å². The van der Waals surface area contributed by atoms with Crippen molar-refractivity contribution in [1.29, 1.82) is 0 Å². The Balaban J connectivity index is 2.76. The maximum absolute atomic E-state index is 10.8. The first kappa shape index (κ1) is 9.14. The van der Waals surface area contributed by atoms with E-state index in [1.165, 1.54) is 0 Å². The molecule has 6 nitrogen and oxygen atoms in total. The van der Waals surface area contributed by atoms with E-state index in [1.54, 1.807) is 0 Å².